The summed E-state index contributed by atoms with van der Waals surface area (Å²) in [5.41, 5.74) is 1.79. The molecule has 1 heterocycles. The van der Waals surface area contributed by atoms with Crippen LogP contribution in [-0.4, -0.2) is 87.1 Å². The van der Waals surface area contributed by atoms with E-state index in [0.717, 1.165) is 21.4 Å². The van der Waals surface area contributed by atoms with Crippen LogP contribution in [0.15, 0.2) is 30.5 Å². The van der Waals surface area contributed by atoms with E-state index in [-0.39, 0.29) is 35.5 Å². The molecular formula is C30H41N3O8S2. The lowest BCUT2D eigenvalue weighted by Crippen LogP contribution is -2.51. The van der Waals surface area contributed by atoms with Gasteiger partial charge in [0.2, 0.25) is 11.8 Å². The van der Waals surface area contributed by atoms with Crippen LogP contribution < -0.4 is 5.32 Å². The summed E-state index contributed by atoms with van der Waals surface area (Å²) >= 11 is 0. The van der Waals surface area contributed by atoms with Gasteiger partial charge in [-0.1, -0.05) is 67.5 Å². The van der Waals surface area contributed by atoms with Crippen LogP contribution in [0.3, 0.4) is 0 Å². The van der Waals surface area contributed by atoms with E-state index in [2.05, 4.69) is 10.3 Å². The molecule has 0 spiro atoms. The summed E-state index contributed by atoms with van der Waals surface area (Å²) in [6.45, 7) is 7.77. The van der Waals surface area contributed by atoms with Crippen molar-refractivity contribution in [2.24, 2.45) is 11.8 Å². The SMILES string of the molecule is CC(=O)C[C@@H](Cc1c[nH]c2ccccc12)C(=O)N[C@@H](CSSC(C)(C)C)C(=O)N(C)CC(=O)OCC(=O)C[C@@H](C)C(=O)O. The molecule has 1 aromatic heterocycles. The Hall–Kier alpha value is -3.32. The number of aromatic amines is 1. The topological polar surface area (TPSA) is 163 Å². The number of hydrogen-bond donors (Lipinski definition) is 3. The lowest BCUT2D eigenvalue weighted by molar-refractivity contribution is -0.152. The van der Waals surface area contributed by atoms with Gasteiger partial charge in [0, 0.05) is 53.4 Å². The Morgan fingerprint density at radius 1 is 1.09 bits per heavy atom. The van der Waals surface area contributed by atoms with Crippen LogP contribution in [-0.2, 0) is 39.9 Å². The molecule has 2 aromatic rings. The van der Waals surface area contributed by atoms with Crippen molar-refractivity contribution in [1.29, 1.82) is 0 Å². The normalized spacial score (nSPS) is 13.5. The first-order valence-electron chi connectivity index (χ1n) is 13.9. The van der Waals surface area contributed by atoms with Gasteiger partial charge in [0.25, 0.3) is 0 Å². The number of amides is 2. The quantitative estimate of drug-likeness (QED) is 0.173. The zero-order chi connectivity index (χ0) is 32.3. The summed E-state index contributed by atoms with van der Waals surface area (Å²) in [5.74, 6) is -5.10. The second-order valence-corrected chi connectivity index (χ2v) is 14.7. The Kier molecular flexibility index (Phi) is 13.8. The van der Waals surface area contributed by atoms with E-state index < -0.39 is 60.6 Å². The van der Waals surface area contributed by atoms with Crippen molar-refractivity contribution in [2.75, 3.05) is 26.0 Å². The minimum Gasteiger partial charge on any atom is -0.481 e. The number of likely N-dealkylation sites (N-methyl/N-ethyl adjacent to an activating group) is 1. The molecule has 0 unspecified atom stereocenters. The van der Waals surface area contributed by atoms with Crippen LogP contribution in [0.25, 0.3) is 10.9 Å². The molecule has 43 heavy (non-hydrogen) atoms. The molecular weight excluding hydrogens is 594 g/mol. The molecule has 2 amide bonds. The lowest BCUT2D eigenvalue weighted by Gasteiger charge is -2.26. The molecule has 0 bridgehead atoms. The second kappa shape index (κ2) is 16.5. The lowest BCUT2D eigenvalue weighted by atomic mass is 9.93. The fourth-order valence-electron chi connectivity index (χ4n) is 4.15. The number of ether oxygens (including phenoxy) is 1. The average molecular weight is 636 g/mol. The number of fused-ring (bicyclic) bond motifs is 1. The maximum atomic E-state index is 13.5. The number of esters is 1. The molecule has 0 saturated carbocycles. The van der Waals surface area contributed by atoms with Crippen molar-refractivity contribution >= 4 is 67.8 Å². The highest BCUT2D eigenvalue weighted by Crippen LogP contribution is 2.35. The van der Waals surface area contributed by atoms with Gasteiger partial charge in [0.15, 0.2) is 5.78 Å². The number of Topliss-reactive ketones (excluding diaryl/α,β-unsaturated/α-hetero) is 2. The van der Waals surface area contributed by atoms with E-state index in [9.17, 15) is 28.8 Å². The molecule has 0 aliphatic carbocycles. The number of hydrogen-bond acceptors (Lipinski definition) is 9. The molecule has 0 aliphatic heterocycles. The van der Waals surface area contributed by atoms with Crippen molar-refractivity contribution in [3.63, 3.8) is 0 Å². The molecule has 2 rings (SSSR count). The van der Waals surface area contributed by atoms with Crippen LogP contribution >= 0.6 is 21.6 Å². The number of carbonyl (C=O) groups is 6. The van der Waals surface area contributed by atoms with E-state index in [0.29, 0.717) is 0 Å². The van der Waals surface area contributed by atoms with Gasteiger partial charge in [0.05, 0.1) is 5.92 Å². The summed E-state index contributed by atoms with van der Waals surface area (Å²) in [7, 11) is 4.33. The second-order valence-electron chi connectivity index (χ2n) is 11.5. The highest BCUT2D eigenvalue weighted by Gasteiger charge is 2.30. The number of carboxylic acid groups (broad SMARTS) is 1. The van der Waals surface area contributed by atoms with Gasteiger partial charge < -0.3 is 29.8 Å². The first kappa shape index (κ1) is 35.9. The van der Waals surface area contributed by atoms with Gasteiger partial charge in [-0.05, 0) is 25.0 Å². The Morgan fingerprint density at radius 2 is 1.77 bits per heavy atom. The average Bonchev–Trinajstić information content (AvgIpc) is 3.32. The number of ketones is 2. The molecule has 3 N–H and O–H groups in total. The third-order valence-electron chi connectivity index (χ3n) is 6.30. The van der Waals surface area contributed by atoms with Gasteiger partial charge in [-0.15, -0.1) is 0 Å². The number of benzene rings is 1. The molecule has 0 saturated heterocycles. The number of carboxylic acids is 1. The van der Waals surface area contributed by atoms with Crippen molar-refractivity contribution in [1.82, 2.24) is 15.2 Å². The molecule has 0 fully saturated rings. The number of aliphatic carboxylic acids is 1. The Bertz CT molecular complexity index is 1320. The van der Waals surface area contributed by atoms with Crippen LogP contribution in [0.1, 0.15) is 53.0 Å². The zero-order valence-corrected chi connectivity index (χ0v) is 27.1. The standard InChI is InChI=1S/C30H41N3O8S2/c1-18(29(39)40)11-22(35)16-41-26(36)15-33(6)28(38)25(17-42-43-30(3,4)5)32-27(37)20(12-19(2)34)13-21-14-31-24-10-8-7-9-23(21)24/h7-10,14,18,20,25,31H,11-13,15-17H2,1-6H3,(H,32,37)(H,39,40)/t18-,20+,25+/m1/s1. The molecule has 0 aliphatic rings. The van der Waals surface area contributed by atoms with Gasteiger partial charge in [0.1, 0.15) is 25.0 Å². The molecule has 13 heteroatoms. The van der Waals surface area contributed by atoms with Gasteiger partial charge >= 0.3 is 11.9 Å². The number of carbonyl (C=O) groups excluding carboxylic acids is 5. The van der Waals surface area contributed by atoms with Crippen LogP contribution in [0, 0.1) is 11.8 Å². The third-order valence-corrected chi connectivity index (χ3v) is 9.65. The summed E-state index contributed by atoms with van der Waals surface area (Å²) in [5, 5.41) is 12.7. The predicted molar refractivity (Wildman–Crippen MR) is 168 cm³/mol. The summed E-state index contributed by atoms with van der Waals surface area (Å²) < 4.78 is 4.84. The maximum absolute atomic E-state index is 13.5. The number of H-pyrrole nitrogens is 1. The van der Waals surface area contributed by atoms with Crippen LogP contribution in [0.5, 0.6) is 0 Å². The van der Waals surface area contributed by atoms with Gasteiger partial charge in [-0.3, -0.25) is 24.0 Å². The number of nitrogens with zero attached hydrogens (tertiary/aromatic N) is 1. The Labute approximate surface area is 259 Å². The zero-order valence-electron chi connectivity index (χ0n) is 25.4. The third kappa shape index (κ3) is 12.4. The van der Waals surface area contributed by atoms with E-state index in [4.69, 9.17) is 9.84 Å². The van der Waals surface area contributed by atoms with Gasteiger partial charge in [-0.2, -0.15) is 0 Å². The molecule has 0 radical (unpaired) electrons. The van der Waals surface area contributed by atoms with E-state index >= 15 is 0 Å². The minimum absolute atomic E-state index is 0.00712. The van der Waals surface area contributed by atoms with Crippen LogP contribution in [0.4, 0.5) is 0 Å². The smallest absolute Gasteiger partial charge is 0.326 e. The van der Waals surface area contributed by atoms with Crippen molar-refractivity contribution < 1.29 is 38.6 Å². The van der Waals surface area contributed by atoms with Crippen molar-refractivity contribution in [3.05, 3.63) is 36.0 Å². The van der Waals surface area contributed by atoms with Crippen LogP contribution in [0.2, 0.25) is 0 Å². The summed E-state index contributed by atoms with van der Waals surface area (Å²) in [4.78, 5) is 78.6. The minimum atomic E-state index is -1.13. The highest BCUT2D eigenvalue weighted by molar-refractivity contribution is 8.77. The molecule has 236 valence electrons. The molecule has 11 nitrogen and oxygen atoms in total. The Balaban J connectivity index is 2.12. The number of rotatable bonds is 17. The number of aromatic nitrogens is 1. The number of nitrogens with one attached hydrogen (secondary N) is 2. The highest BCUT2D eigenvalue weighted by atomic mass is 33.1. The Morgan fingerprint density at radius 3 is 2.40 bits per heavy atom. The van der Waals surface area contributed by atoms with E-state index in [1.165, 1.54) is 42.5 Å². The van der Waals surface area contributed by atoms with E-state index in [1.54, 1.807) is 0 Å². The molecule has 3 atom stereocenters. The van der Waals surface area contributed by atoms with E-state index in [1.807, 2.05) is 51.2 Å². The van der Waals surface area contributed by atoms with Crippen molar-refractivity contribution in [2.45, 2.75) is 64.7 Å². The summed E-state index contributed by atoms with van der Waals surface area (Å²) in [6, 6.07) is 6.65. The van der Waals surface area contributed by atoms with Crippen molar-refractivity contribution in [3.8, 4) is 0 Å². The largest absolute Gasteiger partial charge is 0.481 e. The fraction of sp³-hybridized carbons (Fsp3) is 0.533. The predicted octanol–water partition coefficient (Wildman–Crippen LogP) is 3.65. The first-order valence-corrected chi connectivity index (χ1v) is 16.2. The first-order chi connectivity index (χ1) is 20.1. The maximum Gasteiger partial charge on any atom is 0.326 e. The summed E-state index contributed by atoms with van der Waals surface area (Å²) in [6.07, 6.45) is 1.81. The number of para-hydroxylation sites is 1. The molecule has 1 aromatic carbocycles. The fourth-order valence-corrected chi connectivity index (χ4v) is 6.60. The van der Waals surface area contributed by atoms with Gasteiger partial charge in [-0.25, -0.2) is 0 Å². The monoisotopic (exact) mass is 635 g/mol.